The number of hydrogen-bond donors (Lipinski definition) is 0. The first-order valence-electron chi connectivity index (χ1n) is 8.82. The number of hydrogen-bond acceptors (Lipinski definition) is 2. The van der Waals surface area contributed by atoms with Crippen molar-refractivity contribution >= 4 is 16.7 Å². The summed E-state index contributed by atoms with van der Waals surface area (Å²) in [5.41, 5.74) is 7.21. The van der Waals surface area contributed by atoms with Crippen LogP contribution in [0.2, 0.25) is 0 Å². The summed E-state index contributed by atoms with van der Waals surface area (Å²) in [6, 6.07) is 32.8. The monoisotopic (exact) mass is 345 g/mol. The molecule has 0 N–H and O–H groups in total. The van der Waals surface area contributed by atoms with Crippen LogP contribution >= 0.6 is 0 Å². The van der Waals surface area contributed by atoms with Gasteiger partial charge in [0, 0.05) is 5.56 Å². The summed E-state index contributed by atoms with van der Waals surface area (Å²) in [5, 5.41) is 9.96. The van der Waals surface area contributed by atoms with Crippen LogP contribution in [0.25, 0.3) is 39.1 Å². The second-order valence-corrected chi connectivity index (χ2v) is 6.42. The minimum absolute atomic E-state index is 0.595. The first-order valence-corrected chi connectivity index (χ1v) is 8.82. The number of aromatic nitrogens is 2. The molecule has 2 heterocycles. The van der Waals surface area contributed by atoms with Crippen molar-refractivity contribution in [2.75, 3.05) is 0 Å². The number of para-hydroxylation sites is 2. The van der Waals surface area contributed by atoms with E-state index in [-0.39, 0.29) is 0 Å². The second kappa shape index (κ2) is 6.12. The van der Waals surface area contributed by atoms with Crippen molar-refractivity contribution < 1.29 is 0 Å². The summed E-state index contributed by atoms with van der Waals surface area (Å²) < 4.78 is 2.09. The Kier molecular flexibility index (Phi) is 3.48. The van der Waals surface area contributed by atoms with E-state index in [2.05, 4.69) is 28.7 Å². The lowest BCUT2D eigenvalue weighted by Crippen LogP contribution is -1.98. The number of imidazole rings is 1. The molecule has 27 heavy (non-hydrogen) atoms. The van der Waals surface area contributed by atoms with Crippen LogP contribution in [0.3, 0.4) is 0 Å². The van der Waals surface area contributed by atoms with Gasteiger partial charge in [-0.05, 0) is 29.3 Å². The van der Waals surface area contributed by atoms with Crippen LogP contribution in [-0.2, 0) is 0 Å². The van der Waals surface area contributed by atoms with Gasteiger partial charge in [0.05, 0.1) is 16.7 Å². The number of nitrogens with zero attached hydrogens (tertiary/aromatic N) is 3. The standard InChI is InChI=1S/C24H15N3/c25-16-20-19(17-9-3-1-4-10-17)15-23(18-11-5-2-6-12-18)27-22-14-8-7-13-21(22)26-24(20)27/h1-15H. The molecule has 0 aliphatic rings. The third-order valence-electron chi connectivity index (χ3n) is 4.84. The summed E-state index contributed by atoms with van der Waals surface area (Å²) in [5.74, 6) is 0. The average Bonchev–Trinajstić information content (AvgIpc) is 3.13. The maximum atomic E-state index is 9.96. The Labute approximate surface area is 156 Å². The molecule has 0 spiro atoms. The largest absolute Gasteiger partial charge is 0.291 e. The normalized spacial score (nSPS) is 10.9. The Hall–Kier alpha value is -3.90. The summed E-state index contributed by atoms with van der Waals surface area (Å²) in [6.07, 6.45) is 0. The Bertz CT molecular complexity index is 1310. The molecule has 0 fully saturated rings. The first-order chi connectivity index (χ1) is 13.4. The van der Waals surface area contributed by atoms with E-state index in [1.165, 1.54) is 0 Å². The molecule has 0 saturated carbocycles. The zero-order valence-electron chi connectivity index (χ0n) is 14.5. The van der Waals surface area contributed by atoms with Gasteiger partial charge < -0.3 is 0 Å². The van der Waals surface area contributed by atoms with Gasteiger partial charge in [-0.3, -0.25) is 4.40 Å². The zero-order chi connectivity index (χ0) is 18.2. The van der Waals surface area contributed by atoms with Gasteiger partial charge in [0.15, 0.2) is 5.65 Å². The molecule has 0 bridgehead atoms. The lowest BCUT2D eigenvalue weighted by Gasteiger charge is -2.13. The molecule has 0 saturated heterocycles. The minimum Gasteiger partial charge on any atom is -0.291 e. The van der Waals surface area contributed by atoms with Gasteiger partial charge in [-0.2, -0.15) is 5.26 Å². The zero-order valence-corrected chi connectivity index (χ0v) is 14.5. The highest BCUT2D eigenvalue weighted by Gasteiger charge is 2.18. The van der Waals surface area contributed by atoms with Crippen molar-refractivity contribution in [1.82, 2.24) is 9.38 Å². The highest BCUT2D eigenvalue weighted by atomic mass is 15.0. The highest BCUT2D eigenvalue weighted by molar-refractivity contribution is 5.90. The number of nitriles is 1. The van der Waals surface area contributed by atoms with Gasteiger partial charge in [0.1, 0.15) is 11.6 Å². The summed E-state index contributed by atoms with van der Waals surface area (Å²) in [6.45, 7) is 0. The number of pyridine rings is 1. The molecule has 5 aromatic rings. The van der Waals surface area contributed by atoms with Crippen LogP contribution in [0, 0.1) is 11.3 Å². The van der Waals surface area contributed by atoms with E-state index in [0.29, 0.717) is 11.2 Å². The summed E-state index contributed by atoms with van der Waals surface area (Å²) in [7, 11) is 0. The Morgan fingerprint density at radius 3 is 2.07 bits per heavy atom. The van der Waals surface area contributed by atoms with Gasteiger partial charge in [0.25, 0.3) is 0 Å². The predicted octanol–water partition coefficient (Wildman–Crippen LogP) is 5.69. The molecule has 5 rings (SSSR count). The van der Waals surface area contributed by atoms with E-state index in [4.69, 9.17) is 4.98 Å². The van der Waals surface area contributed by atoms with Crippen molar-refractivity contribution in [2.24, 2.45) is 0 Å². The van der Waals surface area contributed by atoms with Crippen LogP contribution in [0.15, 0.2) is 91.0 Å². The van der Waals surface area contributed by atoms with E-state index in [0.717, 1.165) is 33.4 Å². The van der Waals surface area contributed by atoms with E-state index in [9.17, 15) is 5.26 Å². The Balaban J connectivity index is 1.99. The van der Waals surface area contributed by atoms with Crippen molar-refractivity contribution in [3.63, 3.8) is 0 Å². The molecule has 2 aromatic heterocycles. The van der Waals surface area contributed by atoms with Crippen LogP contribution in [0.5, 0.6) is 0 Å². The molecule has 126 valence electrons. The van der Waals surface area contributed by atoms with Crippen LogP contribution in [0.4, 0.5) is 0 Å². The van der Waals surface area contributed by atoms with Crippen LogP contribution in [0.1, 0.15) is 5.56 Å². The molecular weight excluding hydrogens is 330 g/mol. The Morgan fingerprint density at radius 1 is 0.741 bits per heavy atom. The van der Waals surface area contributed by atoms with Crippen molar-refractivity contribution in [3.05, 3.63) is 96.6 Å². The third-order valence-corrected chi connectivity index (χ3v) is 4.84. The second-order valence-electron chi connectivity index (χ2n) is 6.42. The fourth-order valence-electron chi connectivity index (χ4n) is 3.61. The van der Waals surface area contributed by atoms with E-state index in [1.807, 2.05) is 72.8 Å². The molecule has 0 aliphatic carbocycles. The maximum absolute atomic E-state index is 9.96. The summed E-state index contributed by atoms with van der Waals surface area (Å²) >= 11 is 0. The molecule has 0 amide bonds. The molecule has 3 aromatic carbocycles. The smallest absolute Gasteiger partial charge is 0.157 e. The van der Waals surface area contributed by atoms with Crippen molar-refractivity contribution in [1.29, 1.82) is 5.26 Å². The SMILES string of the molecule is N#Cc1c(-c2ccccc2)cc(-c2ccccc2)n2c1nc1ccccc12. The van der Waals surface area contributed by atoms with Gasteiger partial charge in [-0.1, -0.05) is 72.8 Å². The highest BCUT2D eigenvalue weighted by Crippen LogP contribution is 2.34. The topological polar surface area (TPSA) is 41.1 Å². The maximum Gasteiger partial charge on any atom is 0.157 e. The number of benzene rings is 3. The fraction of sp³-hybridized carbons (Fsp3) is 0. The average molecular weight is 345 g/mol. The van der Waals surface area contributed by atoms with Gasteiger partial charge >= 0.3 is 0 Å². The fourth-order valence-corrected chi connectivity index (χ4v) is 3.61. The van der Waals surface area contributed by atoms with Gasteiger partial charge in [-0.25, -0.2) is 4.98 Å². The molecule has 0 aliphatic heterocycles. The van der Waals surface area contributed by atoms with E-state index < -0.39 is 0 Å². The Morgan fingerprint density at radius 2 is 1.37 bits per heavy atom. The summed E-state index contributed by atoms with van der Waals surface area (Å²) in [4.78, 5) is 4.80. The lowest BCUT2D eigenvalue weighted by atomic mass is 9.98. The number of fused-ring (bicyclic) bond motifs is 3. The molecule has 3 nitrogen and oxygen atoms in total. The quantitative estimate of drug-likeness (QED) is 0.412. The molecule has 0 atom stereocenters. The van der Waals surface area contributed by atoms with Crippen molar-refractivity contribution in [2.45, 2.75) is 0 Å². The van der Waals surface area contributed by atoms with Crippen molar-refractivity contribution in [3.8, 4) is 28.5 Å². The number of rotatable bonds is 2. The predicted molar refractivity (Wildman–Crippen MR) is 108 cm³/mol. The third kappa shape index (κ3) is 2.39. The van der Waals surface area contributed by atoms with E-state index >= 15 is 0 Å². The molecule has 0 radical (unpaired) electrons. The molecule has 3 heteroatoms. The minimum atomic E-state index is 0.595. The molecular formula is C24H15N3. The lowest BCUT2D eigenvalue weighted by molar-refractivity contribution is 1.22. The van der Waals surface area contributed by atoms with Gasteiger partial charge in [-0.15, -0.1) is 0 Å². The van der Waals surface area contributed by atoms with Crippen LogP contribution < -0.4 is 0 Å². The molecule has 0 unspecified atom stereocenters. The van der Waals surface area contributed by atoms with Crippen LogP contribution in [-0.4, -0.2) is 9.38 Å². The van der Waals surface area contributed by atoms with Gasteiger partial charge in [0.2, 0.25) is 0 Å². The first kappa shape index (κ1) is 15.4. The van der Waals surface area contributed by atoms with E-state index in [1.54, 1.807) is 0 Å².